The standard InChI is InChI=1S/C11H10N2O3/c1-7(14)11(15)13(2)8-3-4-9-10(5-8)16-6-12-9/h3-6H,1-2H3. The van der Waals surface area contributed by atoms with E-state index >= 15 is 0 Å². The highest BCUT2D eigenvalue weighted by Gasteiger charge is 2.16. The number of ketones is 1. The van der Waals surface area contributed by atoms with Crippen molar-refractivity contribution < 1.29 is 14.0 Å². The van der Waals surface area contributed by atoms with E-state index in [9.17, 15) is 9.59 Å². The van der Waals surface area contributed by atoms with Crippen molar-refractivity contribution in [3.05, 3.63) is 24.6 Å². The van der Waals surface area contributed by atoms with Gasteiger partial charge in [0.05, 0.1) is 0 Å². The van der Waals surface area contributed by atoms with Crippen LogP contribution in [0.2, 0.25) is 0 Å². The highest BCUT2D eigenvalue weighted by molar-refractivity contribution is 6.40. The molecule has 82 valence electrons. The summed E-state index contributed by atoms with van der Waals surface area (Å²) in [4.78, 5) is 27.6. The smallest absolute Gasteiger partial charge is 0.293 e. The fraction of sp³-hybridized carbons (Fsp3) is 0.182. The molecular formula is C11H10N2O3. The normalized spacial score (nSPS) is 10.4. The number of carbonyl (C=O) groups is 2. The Morgan fingerprint density at radius 3 is 2.81 bits per heavy atom. The number of hydrogen-bond donors (Lipinski definition) is 0. The third-order valence-electron chi connectivity index (χ3n) is 2.31. The van der Waals surface area contributed by atoms with Crippen molar-refractivity contribution in [2.45, 2.75) is 6.92 Å². The van der Waals surface area contributed by atoms with E-state index in [1.807, 2.05) is 0 Å². The number of Topliss-reactive ketones (excluding diaryl/α,β-unsaturated/α-hetero) is 1. The summed E-state index contributed by atoms with van der Waals surface area (Å²) in [6, 6.07) is 5.12. The zero-order valence-corrected chi connectivity index (χ0v) is 8.93. The van der Waals surface area contributed by atoms with Crippen molar-refractivity contribution in [2.75, 3.05) is 11.9 Å². The van der Waals surface area contributed by atoms with Gasteiger partial charge in [-0.05, 0) is 12.1 Å². The van der Waals surface area contributed by atoms with Crippen molar-refractivity contribution in [1.82, 2.24) is 4.98 Å². The number of nitrogens with zero attached hydrogens (tertiary/aromatic N) is 2. The predicted molar refractivity (Wildman–Crippen MR) is 58.1 cm³/mol. The first kappa shape index (κ1) is 10.4. The second-order valence-electron chi connectivity index (χ2n) is 3.42. The molecule has 0 bridgehead atoms. The number of oxazole rings is 1. The fourth-order valence-electron chi connectivity index (χ4n) is 1.41. The molecule has 0 saturated carbocycles. The quantitative estimate of drug-likeness (QED) is 0.714. The third kappa shape index (κ3) is 1.67. The number of rotatable bonds is 2. The van der Waals surface area contributed by atoms with Crippen LogP contribution in [0.25, 0.3) is 11.1 Å². The molecule has 0 unspecified atom stereocenters. The minimum Gasteiger partial charge on any atom is -0.443 e. The highest BCUT2D eigenvalue weighted by atomic mass is 16.3. The molecular weight excluding hydrogens is 208 g/mol. The van der Waals surface area contributed by atoms with Gasteiger partial charge in [-0.25, -0.2) is 4.98 Å². The molecule has 0 aliphatic rings. The summed E-state index contributed by atoms with van der Waals surface area (Å²) in [6.45, 7) is 1.24. The van der Waals surface area contributed by atoms with Crippen molar-refractivity contribution in [3.8, 4) is 0 Å². The van der Waals surface area contributed by atoms with Gasteiger partial charge in [0.25, 0.3) is 5.91 Å². The number of hydrogen-bond acceptors (Lipinski definition) is 4. The lowest BCUT2D eigenvalue weighted by molar-refractivity contribution is -0.134. The Hall–Kier alpha value is -2.17. The van der Waals surface area contributed by atoms with E-state index < -0.39 is 11.7 Å². The predicted octanol–water partition coefficient (Wildman–Crippen LogP) is 1.38. The number of likely N-dealkylation sites (N-methyl/N-ethyl adjacent to an activating group) is 1. The van der Waals surface area contributed by atoms with Crippen LogP contribution in [0.4, 0.5) is 5.69 Å². The Morgan fingerprint density at radius 1 is 1.38 bits per heavy atom. The van der Waals surface area contributed by atoms with Crippen LogP contribution in [0.15, 0.2) is 29.0 Å². The molecule has 1 aromatic carbocycles. The third-order valence-corrected chi connectivity index (χ3v) is 2.31. The molecule has 1 amide bonds. The minimum atomic E-state index is -0.557. The molecule has 0 aliphatic heterocycles. The van der Waals surface area contributed by atoms with Crippen molar-refractivity contribution >= 4 is 28.5 Å². The zero-order valence-electron chi connectivity index (χ0n) is 8.93. The maximum atomic E-state index is 11.4. The average Bonchev–Trinajstić information content (AvgIpc) is 2.73. The summed E-state index contributed by atoms with van der Waals surface area (Å²) in [5.74, 6) is -1.06. The van der Waals surface area contributed by atoms with Crippen LogP contribution in [0, 0.1) is 0 Å². The molecule has 0 saturated heterocycles. The summed E-state index contributed by atoms with van der Waals surface area (Å²) < 4.78 is 5.11. The maximum Gasteiger partial charge on any atom is 0.293 e. The van der Waals surface area contributed by atoms with Gasteiger partial charge in [0.2, 0.25) is 5.78 Å². The van der Waals surface area contributed by atoms with E-state index in [1.165, 1.54) is 18.2 Å². The van der Waals surface area contributed by atoms with E-state index in [1.54, 1.807) is 25.2 Å². The Balaban J connectivity index is 2.39. The first-order valence-corrected chi connectivity index (χ1v) is 4.71. The van der Waals surface area contributed by atoms with Gasteiger partial charge < -0.3 is 9.32 Å². The van der Waals surface area contributed by atoms with E-state index in [0.29, 0.717) is 16.8 Å². The van der Waals surface area contributed by atoms with Gasteiger partial charge in [0, 0.05) is 25.7 Å². The summed E-state index contributed by atoms with van der Waals surface area (Å²) in [6.07, 6.45) is 1.33. The molecule has 0 fully saturated rings. The van der Waals surface area contributed by atoms with Crippen LogP contribution in [0.1, 0.15) is 6.92 Å². The second-order valence-corrected chi connectivity index (χ2v) is 3.42. The van der Waals surface area contributed by atoms with Gasteiger partial charge >= 0.3 is 0 Å². The fourth-order valence-corrected chi connectivity index (χ4v) is 1.41. The van der Waals surface area contributed by atoms with Gasteiger partial charge in [-0.15, -0.1) is 0 Å². The van der Waals surface area contributed by atoms with Crippen LogP contribution in [-0.4, -0.2) is 23.7 Å². The van der Waals surface area contributed by atoms with Gasteiger partial charge in [-0.2, -0.15) is 0 Å². The molecule has 1 heterocycles. The lowest BCUT2D eigenvalue weighted by Gasteiger charge is -2.14. The molecule has 5 nitrogen and oxygen atoms in total. The van der Waals surface area contributed by atoms with Crippen LogP contribution in [-0.2, 0) is 9.59 Å². The monoisotopic (exact) mass is 218 g/mol. The Labute approximate surface area is 91.7 Å². The number of carbonyl (C=O) groups excluding carboxylic acids is 2. The second kappa shape index (κ2) is 3.77. The van der Waals surface area contributed by atoms with E-state index in [4.69, 9.17) is 4.42 Å². The maximum absolute atomic E-state index is 11.4. The van der Waals surface area contributed by atoms with Gasteiger partial charge in [0.15, 0.2) is 12.0 Å². The summed E-state index contributed by atoms with van der Waals surface area (Å²) in [7, 11) is 1.54. The molecule has 16 heavy (non-hydrogen) atoms. The molecule has 0 N–H and O–H groups in total. The van der Waals surface area contributed by atoms with E-state index in [-0.39, 0.29) is 0 Å². The minimum absolute atomic E-state index is 0.500. The Kier molecular flexibility index (Phi) is 2.44. The summed E-state index contributed by atoms with van der Waals surface area (Å²) in [5.41, 5.74) is 1.90. The Bertz CT molecular complexity index is 559. The molecule has 0 radical (unpaired) electrons. The number of benzene rings is 1. The van der Waals surface area contributed by atoms with Crippen LogP contribution >= 0.6 is 0 Å². The summed E-state index contributed by atoms with van der Waals surface area (Å²) >= 11 is 0. The van der Waals surface area contributed by atoms with E-state index in [0.717, 1.165) is 0 Å². The largest absolute Gasteiger partial charge is 0.443 e. The SMILES string of the molecule is CC(=O)C(=O)N(C)c1ccc2ncoc2c1. The first-order valence-electron chi connectivity index (χ1n) is 4.71. The lowest BCUT2D eigenvalue weighted by Crippen LogP contribution is -2.31. The van der Waals surface area contributed by atoms with Crippen LogP contribution < -0.4 is 4.90 Å². The molecule has 1 aromatic heterocycles. The van der Waals surface area contributed by atoms with Crippen molar-refractivity contribution in [3.63, 3.8) is 0 Å². The molecule has 0 atom stereocenters. The van der Waals surface area contributed by atoms with Crippen molar-refractivity contribution in [2.24, 2.45) is 0 Å². The number of fused-ring (bicyclic) bond motifs is 1. The highest BCUT2D eigenvalue weighted by Crippen LogP contribution is 2.20. The lowest BCUT2D eigenvalue weighted by atomic mass is 10.2. The average molecular weight is 218 g/mol. The number of amides is 1. The van der Waals surface area contributed by atoms with Gasteiger partial charge in [-0.1, -0.05) is 0 Å². The van der Waals surface area contributed by atoms with Crippen LogP contribution in [0.3, 0.4) is 0 Å². The molecule has 0 aliphatic carbocycles. The molecule has 0 spiro atoms. The molecule has 5 heteroatoms. The van der Waals surface area contributed by atoms with Crippen LogP contribution in [0.5, 0.6) is 0 Å². The summed E-state index contributed by atoms with van der Waals surface area (Å²) in [5, 5.41) is 0. The zero-order chi connectivity index (χ0) is 11.7. The van der Waals surface area contributed by atoms with E-state index in [2.05, 4.69) is 4.98 Å². The van der Waals surface area contributed by atoms with Crippen molar-refractivity contribution in [1.29, 1.82) is 0 Å². The number of anilines is 1. The molecule has 2 rings (SSSR count). The number of aromatic nitrogens is 1. The molecule has 2 aromatic rings. The van der Waals surface area contributed by atoms with Gasteiger partial charge in [0.1, 0.15) is 5.52 Å². The topological polar surface area (TPSA) is 63.4 Å². The van der Waals surface area contributed by atoms with Gasteiger partial charge in [-0.3, -0.25) is 9.59 Å². The Morgan fingerprint density at radius 2 is 2.12 bits per heavy atom. The first-order chi connectivity index (χ1) is 7.59.